The summed E-state index contributed by atoms with van der Waals surface area (Å²) in [5.74, 6) is 5.96. The van der Waals surface area contributed by atoms with Crippen LogP contribution in [-0.4, -0.2) is 15.2 Å². The zero-order chi connectivity index (χ0) is 17.4. The van der Waals surface area contributed by atoms with Gasteiger partial charge >= 0.3 is 0 Å². The fourth-order valence-corrected chi connectivity index (χ4v) is 2.94. The predicted molar refractivity (Wildman–Crippen MR) is 97.5 cm³/mol. The average molecular weight is 326 g/mol. The molecular weight excluding hydrogens is 312 g/mol. The first-order valence-corrected chi connectivity index (χ1v) is 7.76. The Labute approximate surface area is 143 Å². The number of nitrogens with one attached hydrogen (secondary N) is 1. The number of hydrogen-bond donors (Lipinski definition) is 2. The third-order valence-corrected chi connectivity index (χ3v) is 4.18. The lowest BCUT2D eigenvalue weighted by molar-refractivity contribution is 1.11. The van der Waals surface area contributed by atoms with Crippen LogP contribution in [-0.2, 0) is 0 Å². The number of nitriles is 1. The molecule has 120 valence electrons. The Balaban J connectivity index is 2.20. The summed E-state index contributed by atoms with van der Waals surface area (Å²) in [6, 6.07) is 17.7. The van der Waals surface area contributed by atoms with E-state index in [-0.39, 0.29) is 0 Å². The van der Waals surface area contributed by atoms with Crippen LogP contribution in [0.25, 0.3) is 33.1 Å². The van der Waals surface area contributed by atoms with E-state index < -0.39 is 0 Å². The summed E-state index contributed by atoms with van der Waals surface area (Å²) < 4.78 is 0. The van der Waals surface area contributed by atoms with E-state index in [4.69, 9.17) is 5.84 Å². The maximum absolute atomic E-state index is 9.69. The van der Waals surface area contributed by atoms with E-state index in [0.29, 0.717) is 28.0 Å². The van der Waals surface area contributed by atoms with E-state index in [1.54, 1.807) is 0 Å². The van der Waals surface area contributed by atoms with Crippen LogP contribution in [0.15, 0.2) is 48.5 Å². The third kappa shape index (κ3) is 2.35. The number of nitrogens with two attached hydrogens (primary N) is 1. The summed E-state index contributed by atoms with van der Waals surface area (Å²) in [4.78, 5) is 4.54. The molecule has 25 heavy (non-hydrogen) atoms. The second kappa shape index (κ2) is 5.82. The fourth-order valence-electron chi connectivity index (χ4n) is 2.94. The SMILES string of the molecule is Cc1ccc(-c2c(C#N)c(NN)nc3c2nnc2ccccc23)cc1. The topological polar surface area (TPSA) is 101 Å². The summed E-state index contributed by atoms with van der Waals surface area (Å²) >= 11 is 0. The van der Waals surface area contributed by atoms with Gasteiger partial charge in [-0.3, -0.25) is 0 Å². The number of anilines is 1. The van der Waals surface area contributed by atoms with Gasteiger partial charge in [-0.2, -0.15) is 5.26 Å². The van der Waals surface area contributed by atoms with Crippen LogP contribution < -0.4 is 11.3 Å². The first kappa shape index (κ1) is 15.0. The first-order chi connectivity index (χ1) is 12.2. The van der Waals surface area contributed by atoms with Crippen molar-refractivity contribution in [1.82, 2.24) is 15.2 Å². The van der Waals surface area contributed by atoms with Crippen molar-refractivity contribution >= 4 is 27.8 Å². The largest absolute Gasteiger partial charge is 0.307 e. The number of nitrogen functional groups attached to an aromatic ring is 1. The van der Waals surface area contributed by atoms with E-state index in [0.717, 1.165) is 22.0 Å². The monoisotopic (exact) mass is 326 g/mol. The molecule has 0 bridgehead atoms. The molecule has 0 aliphatic rings. The molecule has 0 radical (unpaired) electrons. The maximum Gasteiger partial charge on any atom is 0.159 e. The number of hydrogen-bond acceptors (Lipinski definition) is 6. The van der Waals surface area contributed by atoms with Crippen LogP contribution in [0.5, 0.6) is 0 Å². The maximum atomic E-state index is 9.69. The van der Waals surface area contributed by atoms with Crippen molar-refractivity contribution in [2.24, 2.45) is 5.84 Å². The molecule has 0 saturated heterocycles. The highest BCUT2D eigenvalue weighted by molar-refractivity contribution is 6.08. The lowest BCUT2D eigenvalue weighted by atomic mass is 9.97. The van der Waals surface area contributed by atoms with Gasteiger partial charge in [-0.15, -0.1) is 10.2 Å². The van der Waals surface area contributed by atoms with Crippen molar-refractivity contribution in [2.75, 3.05) is 5.43 Å². The van der Waals surface area contributed by atoms with Gasteiger partial charge in [0.15, 0.2) is 5.82 Å². The van der Waals surface area contributed by atoms with Crippen molar-refractivity contribution in [1.29, 1.82) is 5.26 Å². The molecule has 2 aromatic carbocycles. The molecule has 4 aromatic rings. The van der Waals surface area contributed by atoms with Gasteiger partial charge in [-0.1, -0.05) is 48.0 Å². The Bertz CT molecular complexity index is 1140. The second-order valence-corrected chi connectivity index (χ2v) is 5.75. The van der Waals surface area contributed by atoms with Gasteiger partial charge in [-0.25, -0.2) is 10.8 Å². The van der Waals surface area contributed by atoms with Gasteiger partial charge < -0.3 is 5.43 Å². The Morgan fingerprint density at radius 2 is 1.76 bits per heavy atom. The Morgan fingerprint density at radius 3 is 2.48 bits per heavy atom. The molecule has 6 heteroatoms. The molecule has 0 aliphatic heterocycles. The van der Waals surface area contributed by atoms with Crippen molar-refractivity contribution in [3.8, 4) is 17.2 Å². The van der Waals surface area contributed by atoms with E-state index in [2.05, 4.69) is 26.7 Å². The summed E-state index contributed by atoms with van der Waals surface area (Å²) in [7, 11) is 0. The molecule has 0 amide bonds. The van der Waals surface area contributed by atoms with Gasteiger partial charge in [0, 0.05) is 10.9 Å². The lowest BCUT2D eigenvalue weighted by Gasteiger charge is -2.13. The molecule has 6 nitrogen and oxygen atoms in total. The summed E-state index contributed by atoms with van der Waals surface area (Å²) in [5, 5.41) is 19.2. The van der Waals surface area contributed by atoms with E-state index >= 15 is 0 Å². The second-order valence-electron chi connectivity index (χ2n) is 5.75. The third-order valence-electron chi connectivity index (χ3n) is 4.18. The van der Waals surface area contributed by atoms with Crippen LogP contribution >= 0.6 is 0 Å². The quantitative estimate of drug-likeness (QED) is 0.333. The van der Waals surface area contributed by atoms with Gasteiger partial charge in [0.1, 0.15) is 22.7 Å². The molecular formula is C19H14N6. The first-order valence-electron chi connectivity index (χ1n) is 7.76. The van der Waals surface area contributed by atoms with Gasteiger partial charge in [-0.05, 0) is 18.6 Å². The smallest absolute Gasteiger partial charge is 0.159 e. The van der Waals surface area contributed by atoms with Gasteiger partial charge in [0.2, 0.25) is 0 Å². The minimum atomic E-state index is 0.323. The Morgan fingerprint density at radius 1 is 1.00 bits per heavy atom. The molecule has 3 N–H and O–H groups in total. The van der Waals surface area contributed by atoms with Gasteiger partial charge in [0.05, 0.1) is 5.52 Å². The van der Waals surface area contributed by atoms with E-state index in [1.165, 1.54) is 0 Å². The Hall–Kier alpha value is -3.56. The van der Waals surface area contributed by atoms with Crippen molar-refractivity contribution in [3.05, 3.63) is 59.7 Å². The van der Waals surface area contributed by atoms with Crippen LogP contribution in [0, 0.1) is 18.3 Å². The zero-order valence-electron chi connectivity index (χ0n) is 13.5. The molecule has 4 rings (SSSR count). The highest BCUT2D eigenvalue weighted by Gasteiger charge is 2.19. The van der Waals surface area contributed by atoms with Crippen LogP contribution in [0.2, 0.25) is 0 Å². The molecule has 0 fully saturated rings. The summed E-state index contributed by atoms with van der Waals surface area (Å²) in [5.41, 5.74) is 7.56. The van der Waals surface area contributed by atoms with Gasteiger partial charge in [0.25, 0.3) is 0 Å². The summed E-state index contributed by atoms with van der Waals surface area (Å²) in [6.45, 7) is 2.01. The van der Waals surface area contributed by atoms with Crippen LogP contribution in [0.3, 0.4) is 0 Å². The fraction of sp³-hybridized carbons (Fsp3) is 0.0526. The molecule has 0 aliphatic carbocycles. The summed E-state index contributed by atoms with van der Waals surface area (Å²) in [6.07, 6.45) is 0. The number of aryl methyl sites for hydroxylation is 1. The number of fused-ring (bicyclic) bond motifs is 3. The normalized spacial score (nSPS) is 10.8. The number of nitrogens with zero attached hydrogens (tertiary/aromatic N) is 4. The number of hydrazine groups is 1. The van der Waals surface area contributed by atoms with Crippen LogP contribution in [0.1, 0.15) is 11.1 Å². The van der Waals surface area contributed by atoms with Crippen molar-refractivity contribution < 1.29 is 0 Å². The molecule has 0 saturated carbocycles. The minimum Gasteiger partial charge on any atom is -0.307 e. The molecule has 0 atom stereocenters. The molecule has 2 heterocycles. The standard InChI is InChI=1S/C19H14N6/c1-11-6-8-12(9-7-11)16-14(10-20)19(23-21)22-17-13-4-2-3-5-15(13)24-25-18(16)17/h2-9H,21H2,1H3,(H,22,23). The highest BCUT2D eigenvalue weighted by atomic mass is 15.3. The van der Waals surface area contributed by atoms with E-state index in [9.17, 15) is 5.26 Å². The average Bonchev–Trinajstić information content (AvgIpc) is 2.67. The minimum absolute atomic E-state index is 0.323. The van der Waals surface area contributed by atoms with Crippen LogP contribution in [0.4, 0.5) is 5.82 Å². The number of rotatable bonds is 2. The molecule has 0 unspecified atom stereocenters. The molecule has 0 spiro atoms. The number of aromatic nitrogens is 3. The van der Waals surface area contributed by atoms with E-state index in [1.807, 2.05) is 55.5 Å². The predicted octanol–water partition coefficient (Wildman–Crippen LogP) is 3.31. The highest BCUT2D eigenvalue weighted by Crippen LogP contribution is 2.35. The lowest BCUT2D eigenvalue weighted by Crippen LogP contribution is -2.12. The number of pyridine rings is 1. The zero-order valence-corrected chi connectivity index (χ0v) is 13.5. The Kier molecular flexibility index (Phi) is 3.49. The van der Waals surface area contributed by atoms with Crippen molar-refractivity contribution in [3.63, 3.8) is 0 Å². The molecule has 2 aromatic heterocycles. The van der Waals surface area contributed by atoms with Crippen molar-refractivity contribution in [2.45, 2.75) is 6.92 Å². The number of benzene rings is 2.